The molecule has 0 aliphatic rings. The molecule has 2 aromatic carbocycles. The number of nitrogen functional groups attached to an aromatic ring is 2. The van der Waals surface area contributed by atoms with Crippen LogP contribution in [-0.4, -0.2) is 46.0 Å². The Hall–Kier alpha value is -4.94. The number of aromatic nitrogens is 4. The number of benzene rings is 2. The molecule has 13 heteroatoms. The predicted octanol–water partition coefficient (Wildman–Crippen LogP) is 2.52. The van der Waals surface area contributed by atoms with Crippen molar-refractivity contribution >= 4 is 17.3 Å². The van der Waals surface area contributed by atoms with Gasteiger partial charge >= 0.3 is 5.69 Å². The number of hydrogen-bond acceptors (Lipinski definition) is 8. The molecule has 7 N–H and O–H groups in total. The van der Waals surface area contributed by atoms with Gasteiger partial charge in [-0.15, -0.1) is 5.10 Å². The summed E-state index contributed by atoms with van der Waals surface area (Å²) in [4.78, 5) is 19.4. The predicted molar refractivity (Wildman–Crippen MR) is 134 cm³/mol. The van der Waals surface area contributed by atoms with E-state index >= 15 is 4.39 Å². The van der Waals surface area contributed by atoms with E-state index in [1.807, 2.05) is 0 Å². The van der Waals surface area contributed by atoms with E-state index in [1.165, 1.54) is 25.4 Å². The van der Waals surface area contributed by atoms with Crippen LogP contribution in [0.1, 0.15) is 23.0 Å². The van der Waals surface area contributed by atoms with Crippen LogP contribution in [0.25, 0.3) is 5.69 Å². The zero-order valence-electron chi connectivity index (χ0n) is 19.7. The van der Waals surface area contributed by atoms with Crippen LogP contribution in [0.4, 0.5) is 20.3 Å². The molecule has 0 radical (unpaired) electrons. The SMILES string of the molecule is COc1cc(OCCF)c(F)c(C(Nc2ccc(C(=N)N)cc2)c2nn(-c3cccnc3N)c(=O)[nH]2)c1. The maximum atomic E-state index is 15.7. The summed E-state index contributed by atoms with van der Waals surface area (Å²) in [6, 6.07) is 11.3. The van der Waals surface area contributed by atoms with Crippen molar-refractivity contribution in [2.45, 2.75) is 6.04 Å². The number of anilines is 2. The number of nitrogens with zero attached hydrogens (tertiary/aromatic N) is 3. The van der Waals surface area contributed by atoms with Crippen molar-refractivity contribution in [1.29, 1.82) is 5.41 Å². The molecule has 37 heavy (non-hydrogen) atoms. The van der Waals surface area contributed by atoms with E-state index in [0.717, 1.165) is 4.68 Å². The molecule has 0 aliphatic carbocycles. The number of ether oxygens (including phenoxy) is 2. The van der Waals surface area contributed by atoms with Gasteiger partial charge in [-0.05, 0) is 42.5 Å². The number of nitrogens with one attached hydrogen (secondary N) is 3. The summed E-state index contributed by atoms with van der Waals surface area (Å²) < 4.78 is 40.0. The van der Waals surface area contributed by atoms with Crippen LogP contribution in [0.2, 0.25) is 0 Å². The molecule has 2 aromatic heterocycles. The van der Waals surface area contributed by atoms with E-state index in [4.69, 9.17) is 26.4 Å². The number of alkyl halides is 1. The molecular formula is C24H24F2N8O3. The summed E-state index contributed by atoms with van der Waals surface area (Å²) in [6.45, 7) is -1.18. The van der Waals surface area contributed by atoms with Gasteiger partial charge in [0.05, 0.1) is 7.11 Å². The summed E-state index contributed by atoms with van der Waals surface area (Å²) in [5, 5.41) is 15.1. The quantitative estimate of drug-likeness (QED) is 0.160. The minimum atomic E-state index is -1.07. The van der Waals surface area contributed by atoms with Crippen molar-refractivity contribution in [3.8, 4) is 17.2 Å². The van der Waals surface area contributed by atoms with Gasteiger partial charge in [-0.1, -0.05) is 0 Å². The highest BCUT2D eigenvalue weighted by molar-refractivity contribution is 5.95. The molecular weight excluding hydrogens is 486 g/mol. The lowest BCUT2D eigenvalue weighted by molar-refractivity contribution is 0.260. The van der Waals surface area contributed by atoms with Gasteiger partial charge in [0.25, 0.3) is 0 Å². The fourth-order valence-electron chi connectivity index (χ4n) is 3.60. The second-order valence-corrected chi connectivity index (χ2v) is 7.77. The van der Waals surface area contributed by atoms with E-state index in [2.05, 4.69) is 20.4 Å². The van der Waals surface area contributed by atoms with E-state index in [0.29, 0.717) is 11.3 Å². The second-order valence-electron chi connectivity index (χ2n) is 7.77. The first kappa shape index (κ1) is 25.2. The van der Waals surface area contributed by atoms with Gasteiger partial charge in [0.15, 0.2) is 17.4 Å². The summed E-state index contributed by atoms with van der Waals surface area (Å²) in [6.07, 6.45) is 1.47. The van der Waals surface area contributed by atoms with Gasteiger partial charge < -0.3 is 26.3 Å². The highest BCUT2D eigenvalue weighted by Gasteiger charge is 2.27. The Morgan fingerprint density at radius 2 is 2.03 bits per heavy atom. The summed E-state index contributed by atoms with van der Waals surface area (Å²) in [5.74, 6) is -0.808. The summed E-state index contributed by atoms with van der Waals surface area (Å²) in [7, 11) is 1.39. The fraction of sp³-hybridized carbons (Fsp3) is 0.167. The molecule has 0 saturated carbocycles. The molecule has 0 aliphatic heterocycles. The van der Waals surface area contributed by atoms with Gasteiger partial charge in [0.2, 0.25) is 0 Å². The third-order valence-electron chi connectivity index (χ3n) is 5.38. The molecule has 0 bridgehead atoms. The molecule has 0 saturated heterocycles. The Balaban J connectivity index is 1.85. The molecule has 4 rings (SSSR count). The van der Waals surface area contributed by atoms with Crippen molar-refractivity contribution in [3.63, 3.8) is 0 Å². The topological polar surface area (TPSA) is 170 Å². The number of nitrogens with two attached hydrogens (primary N) is 2. The third kappa shape index (κ3) is 5.34. The molecule has 0 spiro atoms. The number of aromatic amines is 1. The van der Waals surface area contributed by atoms with Crippen molar-refractivity contribution in [1.82, 2.24) is 19.7 Å². The Bertz CT molecular complexity index is 1470. The van der Waals surface area contributed by atoms with Crippen molar-refractivity contribution < 1.29 is 18.3 Å². The maximum Gasteiger partial charge on any atom is 0.348 e. The van der Waals surface area contributed by atoms with E-state index < -0.39 is 24.2 Å². The third-order valence-corrected chi connectivity index (χ3v) is 5.38. The van der Waals surface area contributed by atoms with E-state index in [1.54, 1.807) is 36.4 Å². The van der Waals surface area contributed by atoms with E-state index in [-0.39, 0.29) is 46.8 Å². The molecule has 0 amide bonds. The average Bonchev–Trinajstić information content (AvgIpc) is 3.28. The number of H-pyrrole nitrogens is 1. The smallest absolute Gasteiger partial charge is 0.348 e. The van der Waals surface area contributed by atoms with Crippen molar-refractivity contribution in [3.05, 3.63) is 88.0 Å². The van der Waals surface area contributed by atoms with Crippen LogP contribution in [0.15, 0.2) is 59.5 Å². The van der Waals surface area contributed by atoms with E-state index in [9.17, 15) is 9.18 Å². The first-order valence-electron chi connectivity index (χ1n) is 11.0. The second kappa shape index (κ2) is 10.8. The van der Waals surface area contributed by atoms with Crippen LogP contribution in [0.3, 0.4) is 0 Å². The van der Waals surface area contributed by atoms with Gasteiger partial charge in [0, 0.05) is 29.1 Å². The molecule has 4 aromatic rings. The average molecular weight is 511 g/mol. The first-order valence-corrected chi connectivity index (χ1v) is 11.0. The zero-order chi connectivity index (χ0) is 26.5. The molecule has 11 nitrogen and oxygen atoms in total. The van der Waals surface area contributed by atoms with Crippen LogP contribution >= 0.6 is 0 Å². The summed E-state index contributed by atoms with van der Waals surface area (Å²) >= 11 is 0. The fourth-order valence-corrected chi connectivity index (χ4v) is 3.60. The number of halogens is 2. The zero-order valence-corrected chi connectivity index (χ0v) is 19.7. The Labute approximate surface area is 209 Å². The van der Waals surface area contributed by atoms with Gasteiger partial charge in [-0.25, -0.2) is 18.6 Å². The molecule has 2 heterocycles. The monoisotopic (exact) mass is 510 g/mol. The maximum absolute atomic E-state index is 15.7. The lowest BCUT2D eigenvalue weighted by Crippen LogP contribution is -2.18. The van der Waals surface area contributed by atoms with Crippen LogP contribution in [0.5, 0.6) is 11.5 Å². The lowest BCUT2D eigenvalue weighted by atomic mass is 10.0. The van der Waals surface area contributed by atoms with Crippen LogP contribution in [-0.2, 0) is 0 Å². The standard InChI is InChI=1S/C24H24F2N8O3/c1-36-15-11-16(19(26)18(12-15)37-10-8-25)20(31-14-6-4-13(5-7-14)21(27)28)23-32-24(35)34(33-23)17-3-2-9-30-22(17)29/h2-7,9,11-12,20,31H,8,10H2,1H3,(H3,27,28)(H2,29,30)(H,32,33,35). The van der Waals surface area contributed by atoms with Crippen molar-refractivity contribution in [2.24, 2.45) is 5.73 Å². The first-order chi connectivity index (χ1) is 17.8. The highest BCUT2D eigenvalue weighted by Crippen LogP contribution is 2.35. The molecule has 1 atom stereocenters. The van der Waals surface area contributed by atoms with Crippen LogP contribution < -0.4 is 31.9 Å². The van der Waals surface area contributed by atoms with Crippen molar-refractivity contribution in [2.75, 3.05) is 31.4 Å². The molecule has 0 fully saturated rings. The number of methoxy groups -OCH3 is 1. The normalized spacial score (nSPS) is 11.6. The van der Waals surface area contributed by atoms with Gasteiger partial charge in [-0.2, -0.15) is 4.68 Å². The number of rotatable bonds is 10. The largest absolute Gasteiger partial charge is 0.497 e. The number of pyridine rings is 1. The molecule has 1 unspecified atom stereocenters. The highest BCUT2D eigenvalue weighted by atomic mass is 19.1. The number of hydrogen-bond donors (Lipinski definition) is 5. The van der Waals surface area contributed by atoms with Crippen LogP contribution in [0, 0.1) is 11.2 Å². The minimum absolute atomic E-state index is 0.00362. The lowest BCUT2D eigenvalue weighted by Gasteiger charge is -2.21. The number of amidine groups is 1. The van der Waals surface area contributed by atoms with Gasteiger partial charge in [0.1, 0.15) is 42.4 Å². The Morgan fingerprint density at radius 1 is 1.27 bits per heavy atom. The Morgan fingerprint density at radius 3 is 2.68 bits per heavy atom. The summed E-state index contributed by atoms with van der Waals surface area (Å²) in [5.41, 5.74) is 12.0. The Kier molecular flexibility index (Phi) is 7.32. The van der Waals surface area contributed by atoms with Gasteiger partial charge in [-0.3, -0.25) is 10.4 Å². The molecule has 192 valence electrons. The minimum Gasteiger partial charge on any atom is -0.497 e.